The highest BCUT2D eigenvalue weighted by molar-refractivity contribution is 6.31. The van der Waals surface area contributed by atoms with Gasteiger partial charge < -0.3 is 10.4 Å². The van der Waals surface area contributed by atoms with Gasteiger partial charge in [-0.2, -0.15) is 0 Å². The van der Waals surface area contributed by atoms with Crippen LogP contribution in [0.15, 0.2) is 30.5 Å². The van der Waals surface area contributed by atoms with Gasteiger partial charge in [-0.1, -0.05) is 31.5 Å². The summed E-state index contributed by atoms with van der Waals surface area (Å²) in [5.41, 5.74) is 2.01. The fraction of sp³-hybridized carbons (Fsp3) is 0.400. The molecule has 3 nitrogen and oxygen atoms in total. The topological polar surface area (TPSA) is 45.1 Å². The Bertz CT molecular complexity index is 557. The Morgan fingerprint density at radius 1 is 1.37 bits per heavy atom. The van der Waals surface area contributed by atoms with E-state index < -0.39 is 0 Å². The summed E-state index contributed by atoms with van der Waals surface area (Å²) in [6, 6.07) is 7.74. The highest BCUT2D eigenvalue weighted by Crippen LogP contribution is 2.22. The summed E-state index contributed by atoms with van der Waals surface area (Å²) in [6.07, 6.45) is 1.45. The maximum Gasteiger partial charge on any atom is 0.0747 e. The number of fused-ring (bicyclic) bond motifs is 1. The second kappa shape index (κ2) is 6.33. The number of aromatic nitrogens is 1. The minimum absolute atomic E-state index is 0.252. The summed E-state index contributed by atoms with van der Waals surface area (Å²) in [7, 11) is 0. The van der Waals surface area contributed by atoms with E-state index in [1.807, 2.05) is 38.1 Å². The molecular weight excluding hydrogens is 260 g/mol. The normalized spacial score (nSPS) is 13.1. The van der Waals surface area contributed by atoms with Crippen molar-refractivity contribution in [2.75, 3.05) is 6.54 Å². The Hall–Kier alpha value is -1.16. The number of halogens is 1. The molecule has 1 aromatic heterocycles. The summed E-state index contributed by atoms with van der Waals surface area (Å²) in [6.45, 7) is 5.22. The zero-order valence-electron chi connectivity index (χ0n) is 11.2. The maximum atomic E-state index is 9.77. The molecule has 0 saturated carbocycles. The smallest absolute Gasteiger partial charge is 0.0747 e. The van der Waals surface area contributed by atoms with Crippen LogP contribution in [0, 0.1) is 5.92 Å². The van der Waals surface area contributed by atoms with Crippen molar-refractivity contribution in [3.63, 3.8) is 0 Å². The minimum Gasteiger partial charge on any atom is -0.392 e. The Balaban J connectivity index is 2.12. The van der Waals surface area contributed by atoms with Gasteiger partial charge in [0.25, 0.3) is 0 Å². The molecule has 0 amide bonds. The first-order chi connectivity index (χ1) is 9.08. The van der Waals surface area contributed by atoms with Crippen molar-refractivity contribution in [3.8, 4) is 0 Å². The third kappa shape index (κ3) is 3.66. The molecule has 0 saturated heterocycles. The first-order valence-corrected chi connectivity index (χ1v) is 6.87. The number of aliphatic hydroxyl groups is 1. The van der Waals surface area contributed by atoms with Crippen LogP contribution in [0.1, 0.15) is 19.4 Å². The summed E-state index contributed by atoms with van der Waals surface area (Å²) < 4.78 is 0. The summed E-state index contributed by atoms with van der Waals surface area (Å²) in [5, 5.41) is 14.8. The van der Waals surface area contributed by atoms with Crippen molar-refractivity contribution < 1.29 is 5.11 Å². The second-order valence-electron chi connectivity index (χ2n) is 5.08. The third-order valence-electron chi connectivity index (χ3n) is 3.19. The summed E-state index contributed by atoms with van der Waals surface area (Å²) in [4.78, 5) is 4.39. The number of pyridine rings is 1. The van der Waals surface area contributed by atoms with Crippen LogP contribution < -0.4 is 5.32 Å². The zero-order valence-corrected chi connectivity index (χ0v) is 12.0. The van der Waals surface area contributed by atoms with E-state index in [4.69, 9.17) is 11.6 Å². The number of rotatable bonds is 5. The molecule has 0 aliphatic carbocycles. The van der Waals surface area contributed by atoms with Crippen molar-refractivity contribution in [1.29, 1.82) is 0 Å². The molecule has 2 aromatic rings. The van der Waals surface area contributed by atoms with E-state index in [-0.39, 0.29) is 12.0 Å². The molecule has 0 bridgehead atoms. The highest BCUT2D eigenvalue weighted by Gasteiger charge is 2.09. The van der Waals surface area contributed by atoms with Crippen LogP contribution in [0.2, 0.25) is 5.02 Å². The number of aliphatic hydroxyl groups excluding tert-OH is 1. The summed E-state index contributed by atoms with van der Waals surface area (Å²) >= 11 is 6.11. The molecule has 2 rings (SSSR count). The van der Waals surface area contributed by atoms with Crippen molar-refractivity contribution in [2.45, 2.75) is 26.5 Å². The zero-order chi connectivity index (χ0) is 13.8. The van der Waals surface area contributed by atoms with E-state index in [2.05, 4.69) is 10.3 Å². The van der Waals surface area contributed by atoms with E-state index in [1.165, 1.54) is 0 Å². The van der Waals surface area contributed by atoms with Gasteiger partial charge in [-0.3, -0.25) is 4.98 Å². The number of hydrogen-bond acceptors (Lipinski definition) is 3. The first-order valence-electron chi connectivity index (χ1n) is 6.50. The molecule has 0 aliphatic heterocycles. The Morgan fingerprint density at radius 3 is 2.89 bits per heavy atom. The number of hydrogen-bond donors (Lipinski definition) is 2. The fourth-order valence-corrected chi connectivity index (χ4v) is 2.20. The minimum atomic E-state index is -0.335. The summed E-state index contributed by atoms with van der Waals surface area (Å²) in [5.74, 6) is 0.252. The molecule has 1 atom stereocenters. The SMILES string of the molecule is CC(C)C(O)CNCc1cc(Cl)cc2cccnc12. The van der Waals surface area contributed by atoms with E-state index in [0.29, 0.717) is 18.1 Å². The average Bonchev–Trinajstić information content (AvgIpc) is 2.38. The second-order valence-corrected chi connectivity index (χ2v) is 5.52. The molecule has 1 unspecified atom stereocenters. The molecule has 1 heterocycles. The Labute approximate surface area is 118 Å². The molecule has 19 heavy (non-hydrogen) atoms. The number of benzene rings is 1. The number of nitrogens with one attached hydrogen (secondary N) is 1. The molecule has 4 heteroatoms. The van der Waals surface area contributed by atoms with Crippen LogP contribution in [-0.2, 0) is 6.54 Å². The van der Waals surface area contributed by atoms with Gasteiger partial charge in [-0.15, -0.1) is 0 Å². The largest absolute Gasteiger partial charge is 0.392 e. The van der Waals surface area contributed by atoms with Gasteiger partial charge in [0.15, 0.2) is 0 Å². The first kappa shape index (κ1) is 14.3. The average molecular weight is 279 g/mol. The lowest BCUT2D eigenvalue weighted by molar-refractivity contribution is 0.123. The van der Waals surface area contributed by atoms with Gasteiger partial charge in [-0.25, -0.2) is 0 Å². The molecule has 0 radical (unpaired) electrons. The third-order valence-corrected chi connectivity index (χ3v) is 3.41. The lowest BCUT2D eigenvalue weighted by atomic mass is 10.1. The molecule has 0 aliphatic rings. The number of nitrogens with zero attached hydrogens (tertiary/aromatic N) is 1. The van der Waals surface area contributed by atoms with E-state index in [0.717, 1.165) is 16.5 Å². The maximum absolute atomic E-state index is 9.77. The van der Waals surface area contributed by atoms with Crippen LogP contribution in [0.4, 0.5) is 0 Å². The predicted octanol–water partition coefficient (Wildman–Crippen LogP) is 2.99. The van der Waals surface area contributed by atoms with Crippen LogP contribution >= 0.6 is 11.6 Å². The Kier molecular flexibility index (Phi) is 4.75. The predicted molar refractivity (Wildman–Crippen MR) is 79.3 cm³/mol. The molecule has 1 aromatic carbocycles. The van der Waals surface area contributed by atoms with Crippen molar-refractivity contribution in [2.24, 2.45) is 5.92 Å². The standard InChI is InChI=1S/C15H19ClN2O/c1-10(2)14(19)9-17-8-12-7-13(16)6-11-4-3-5-18-15(11)12/h3-7,10,14,17,19H,8-9H2,1-2H3. The van der Waals surface area contributed by atoms with E-state index in [1.54, 1.807) is 6.20 Å². The fourth-order valence-electron chi connectivity index (χ4n) is 1.95. The lowest BCUT2D eigenvalue weighted by Gasteiger charge is -2.15. The quantitative estimate of drug-likeness (QED) is 0.884. The van der Waals surface area contributed by atoms with Crippen LogP contribution in [-0.4, -0.2) is 22.7 Å². The molecular formula is C15H19ClN2O. The van der Waals surface area contributed by atoms with Gasteiger partial charge in [0.2, 0.25) is 0 Å². The Morgan fingerprint density at radius 2 is 2.16 bits per heavy atom. The molecule has 2 N–H and O–H groups in total. The van der Waals surface area contributed by atoms with E-state index in [9.17, 15) is 5.11 Å². The van der Waals surface area contributed by atoms with Crippen molar-refractivity contribution >= 4 is 22.5 Å². The van der Waals surface area contributed by atoms with E-state index >= 15 is 0 Å². The molecule has 0 spiro atoms. The van der Waals surface area contributed by atoms with Gasteiger partial charge in [0.05, 0.1) is 11.6 Å². The van der Waals surface area contributed by atoms with Gasteiger partial charge in [-0.05, 0) is 29.7 Å². The lowest BCUT2D eigenvalue weighted by Crippen LogP contribution is -2.30. The van der Waals surface area contributed by atoms with Gasteiger partial charge >= 0.3 is 0 Å². The highest BCUT2D eigenvalue weighted by atomic mass is 35.5. The van der Waals surface area contributed by atoms with Crippen molar-refractivity contribution in [1.82, 2.24) is 10.3 Å². The molecule has 0 fully saturated rings. The van der Waals surface area contributed by atoms with Crippen LogP contribution in [0.5, 0.6) is 0 Å². The van der Waals surface area contributed by atoms with Crippen LogP contribution in [0.3, 0.4) is 0 Å². The van der Waals surface area contributed by atoms with Gasteiger partial charge in [0, 0.05) is 29.7 Å². The molecule has 102 valence electrons. The van der Waals surface area contributed by atoms with Crippen LogP contribution in [0.25, 0.3) is 10.9 Å². The monoisotopic (exact) mass is 278 g/mol. The van der Waals surface area contributed by atoms with Gasteiger partial charge in [0.1, 0.15) is 0 Å². The van der Waals surface area contributed by atoms with Crippen molar-refractivity contribution in [3.05, 3.63) is 41.0 Å².